The van der Waals surface area contributed by atoms with E-state index in [0.717, 1.165) is 31.0 Å². The molecule has 3 aliphatic rings. The molecule has 3 heterocycles. The van der Waals surface area contributed by atoms with Gasteiger partial charge < -0.3 is 9.47 Å². The summed E-state index contributed by atoms with van der Waals surface area (Å²) in [6.45, 7) is 2.16. The highest BCUT2D eigenvalue weighted by atomic mass is 16.7. The lowest BCUT2D eigenvalue weighted by Crippen LogP contribution is -2.46. The lowest BCUT2D eigenvalue weighted by atomic mass is 9.88. The van der Waals surface area contributed by atoms with Gasteiger partial charge in [-0.15, -0.1) is 0 Å². The van der Waals surface area contributed by atoms with Crippen molar-refractivity contribution < 1.29 is 14.3 Å². The second-order valence-corrected chi connectivity index (χ2v) is 5.30. The average Bonchev–Trinajstić information content (AvgIpc) is 2.80. The second-order valence-electron chi connectivity index (χ2n) is 5.30. The average molecular weight is 245 g/mol. The minimum Gasteiger partial charge on any atom is -0.454 e. The van der Waals surface area contributed by atoms with Crippen LogP contribution in [0, 0.1) is 0 Å². The van der Waals surface area contributed by atoms with Gasteiger partial charge in [-0.25, -0.2) is 0 Å². The Morgan fingerprint density at radius 1 is 1.11 bits per heavy atom. The number of carbonyl (C=O) groups is 1. The van der Waals surface area contributed by atoms with E-state index in [0.29, 0.717) is 31.5 Å². The van der Waals surface area contributed by atoms with Gasteiger partial charge in [-0.05, 0) is 29.7 Å². The van der Waals surface area contributed by atoms with E-state index in [-0.39, 0.29) is 0 Å². The maximum Gasteiger partial charge on any atom is 0.231 e. The summed E-state index contributed by atoms with van der Waals surface area (Å²) in [5.41, 5.74) is 2.64. The molecule has 1 saturated heterocycles. The molecule has 0 N–H and O–H groups in total. The quantitative estimate of drug-likeness (QED) is 0.694. The van der Waals surface area contributed by atoms with E-state index in [4.69, 9.17) is 9.47 Å². The number of hydrogen-bond donors (Lipinski definition) is 0. The van der Waals surface area contributed by atoms with Gasteiger partial charge in [0.1, 0.15) is 5.78 Å². The summed E-state index contributed by atoms with van der Waals surface area (Å²) in [5, 5.41) is 0. The molecule has 0 radical (unpaired) electrons. The molecule has 4 rings (SSSR count). The van der Waals surface area contributed by atoms with Crippen LogP contribution in [0.2, 0.25) is 0 Å². The van der Waals surface area contributed by atoms with Crippen molar-refractivity contribution in [2.45, 2.75) is 31.8 Å². The molecular weight excluding hydrogens is 230 g/mol. The Balaban J connectivity index is 1.70. The second kappa shape index (κ2) is 3.72. The highest BCUT2D eigenvalue weighted by molar-refractivity contribution is 5.80. The summed E-state index contributed by atoms with van der Waals surface area (Å²) in [4.78, 5) is 14.0. The maximum atomic E-state index is 11.5. The van der Waals surface area contributed by atoms with E-state index in [9.17, 15) is 4.79 Å². The van der Waals surface area contributed by atoms with E-state index < -0.39 is 0 Å². The molecule has 1 aromatic rings. The van der Waals surface area contributed by atoms with Crippen molar-refractivity contribution in [1.29, 1.82) is 0 Å². The zero-order chi connectivity index (χ0) is 12.1. The van der Waals surface area contributed by atoms with Gasteiger partial charge in [0.2, 0.25) is 6.79 Å². The molecule has 0 amide bonds. The lowest BCUT2D eigenvalue weighted by molar-refractivity contribution is -0.123. The number of rotatable bonds is 0. The van der Waals surface area contributed by atoms with Gasteiger partial charge >= 0.3 is 0 Å². The molecule has 0 bridgehead atoms. The molecule has 0 saturated carbocycles. The summed E-state index contributed by atoms with van der Waals surface area (Å²) in [7, 11) is 0. The van der Waals surface area contributed by atoms with E-state index in [2.05, 4.69) is 17.0 Å². The number of nitrogens with zero attached hydrogens (tertiary/aromatic N) is 1. The number of ketones is 1. The largest absolute Gasteiger partial charge is 0.454 e. The van der Waals surface area contributed by atoms with E-state index in [1.807, 2.05) is 0 Å². The van der Waals surface area contributed by atoms with Gasteiger partial charge in [-0.1, -0.05) is 0 Å². The monoisotopic (exact) mass is 245 g/mol. The topological polar surface area (TPSA) is 38.8 Å². The van der Waals surface area contributed by atoms with Crippen LogP contribution in [0.5, 0.6) is 11.5 Å². The molecule has 1 unspecified atom stereocenters. The van der Waals surface area contributed by atoms with Gasteiger partial charge in [-0.3, -0.25) is 9.69 Å². The van der Waals surface area contributed by atoms with E-state index in [1.54, 1.807) is 0 Å². The standard InChI is InChI=1S/C14H15NO3/c16-12-1-2-15-7-10-5-14-13(17-8-18-14)4-9(10)3-11(15)6-12/h4-5,11H,1-3,6-8H2. The molecule has 0 aromatic heterocycles. The first kappa shape index (κ1) is 10.4. The van der Waals surface area contributed by atoms with Crippen molar-refractivity contribution in [3.05, 3.63) is 23.3 Å². The number of fused-ring (bicyclic) bond motifs is 3. The molecular formula is C14H15NO3. The summed E-state index contributed by atoms with van der Waals surface area (Å²) in [6, 6.07) is 4.58. The minimum absolute atomic E-state index is 0.323. The van der Waals surface area contributed by atoms with Crippen molar-refractivity contribution >= 4 is 5.78 Å². The third-order valence-corrected chi connectivity index (χ3v) is 4.18. The third kappa shape index (κ3) is 1.52. The Morgan fingerprint density at radius 2 is 1.89 bits per heavy atom. The number of Topliss-reactive ketones (excluding diaryl/α,β-unsaturated/α-hetero) is 1. The van der Waals surface area contributed by atoms with E-state index >= 15 is 0 Å². The van der Waals surface area contributed by atoms with Crippen molar-refractivity contribution in [1.82, 2.24) is 4.90 Å². The molecule has 0 aliphatic carbocycles. The fraction of sp³-hybridized carbons (Fsp3) is 0.500. The van der Waals surface area contributed by atoms with Gasteiger partial charge in [-0.2, -0.15) is 0 Å². The summed E-state index contributed by atoms with van der Waals surface area (Å²) in [5.74, 6) is 2.12. The Bertz CT molecular complexity index is 526. The van der Waals surface area contributed by atoms with Crippen LogP contribution in [0.15, 0.2) is 12.1 Å². The molecule has 0 spiro atoms. The zero-order valence-corrected chi connectivity index (χ0v) is 10.1. The number of benzene rings is 1. The third-order valence-electron chi connectivity index (χ3n) is 4.18. The Hall–Kier alpha value is -1.55. The number of piperidine rings is 1. The fourth-order valence-electron chi connectivity index (χ4n) is 3.19. The normalized spacial score (nSPS) is 25.8. The van der Waals surface area contributed by atoms with Gasteiger partial charge in [0.15, 0.2) is 11.5 Å². The van der Waals surface area contributed by atoms with Crippen molar-refractivity contribution in [3.8, 4) is 11.5 Å². The Kier molecular flexibility index (Phi) is 2.14. The first-order valence-corrected chi connectivity index (χ1v) is 6.47. The Labute approximate surface area is 105 Å². The molecule has 4 heteroatoms. The van der Waals surface area contributed by atoms with Gasteiger partial charge in [0.05, 0.1) is 0 Å². The predicted molar refractivity (Wildman–Crippen MR) is 64.7 cm³/mol. The van der Waals surface area contributed by atoms with Crippen LogP contribution in [0.3, 0.4) is 0 Å². The van der Waals surface area contributed by atoms with Gasteiger partial charge in [0, 0.05) is 32.0 Å². The van der Waals surface area contributed by atoms with Crippen LogP contribution >= 0.6 is 0 Å². The van der Waals surface area contributed by atoms with Crippen molar-refractivity contribution in [2.24, 2.45) is 0 Å². The van der Waals surface area contributed by atoms with Crippen molar-refractivity contribution in [3.63, 3.8) is 0 Å². The molecule has 94 valence electrons. The lowest BCUT2D eigenvalue weighted by Gasteiger charge is -2.39. The highest BCUT2D eigenvalue weighted by Gasteiger charge is 2.32. The first-order valence-electron chi connectivity index (χ1n) is 6.47. The zero-order valence-electron chi connectivity index (χ0n) is 10.1. The summed E-state index contributed by atoms with van der Waals surface area (Å²) >= 11 is 0. The smallest absolute Gasteiger partial charge is 0.231 e. The van der Waals surface area contributed by atoms with Crippen molar-refractivity contribution in [2.75, 3.05) is 13.3 Å². The summed E-state index contributed by atoms with van der Waals surface area (Å²) in [6.07, 6.45) is 2.36. The van der Waals surface area contributed by atoms with Crippen LogP contribution in [0.1, 0.15) is 24.0 Å². The molecule has 18 heavy (non-hydrogen) atoms. The van der Waals surface area contributed by atoms with Crippen LogP contribution in [0.4, 0.5) is 0 Å². The molecule has 1 atom stereocenters. The Morgan fingerprint density at radius 3 is 2.72 bits per heavy atom. The predicted octanol–water partition coefficient (Wildman–Crippen LogP) is 1.50. The van der Waals surface area contributed by atoms with Crippen LogP contribution < -0.4 is 9.47 Å². The summed E-state index contributed by atoms with van der Waals surface area (Å²) < 4.78 is 10.8. The SMILES string of the molecule is O=C1CCN2Cc3cc4c(cc3CC2C1)OCO4. The molecule has 3 aliphatic heterocycles. The fourth-order valence-corrected chi connectivity index (χ4v) is 3.19. The van der Waals surface area contributed by atoms with Crippen LogP contribution in [0.25, 0.3) is 0 Å². The van der Waals surface area contributed by atoms with Crippen LogP contribution in [-0.2, 0) is 17.8 Å². The number of carbonyl (C=O) groups excluding carboxylic acids is 1. The maximum absolute atomic E-state index is 11.5. The highest BCUT2D eigenvalue weighted by Crippen LogP contribution is 2.38. The number of ether oxygens (including phenoxy) is 2. The molecule has 1 fully saturated rings. The van der Waals surface area contributed by atoms with E-state index in [1.165, 1.54) is 11.1 Å². The first-order chi connectivity index (χ1) is 8.79. The molecule has 1 aromatic carbocycles. The van der Waals surface area contributed by atoms with Gasteiger partial charge in [0.25, 0.3) is 0 Å². The van der Waals surface area contributed by atoms with Crippen LogP contribution in [-0.4, -0.2) is 30.1 Å². The molecule has 4 nitrogen and oxygen atoms in total. The minimum atomic E-state index is 0.323. The number of hydrogen-bond acceptors (Lipinski definition) is 4.